The van der Waals surface area contributed by atoms with Gasteiger partial charge < -0.3 is 9.80 Å². The smallest absolute Gasteiger partial charge is 0.0506 e. The van der Waals surface area contributed by atoms with E-state index in [4.69, 9.17) is 15.1 Å². The van der Waals surface area contributed by atoms with E-state index in [1.165, 1.54) is 12.1 Å². The standard InChI is InChI=1S/C14H19BrN2/c1-16-6-8-17(9-7-16)14-5-4-12(15)10-13(14)11-2-3-11/h4-5,10-11H,2-3,6-9H2,1H3/i1D3,6D2,7D2,8D2,9D2. The van der Waals surface area contributed by atoms with Crippen LogP contribution in [0.3, 0.4) is 0 Å². The van der Waals surface area contributed by atoms with Crippen LogP contribution in [0.2, 0.25) is 0 Å². The van der Waals surface area contributed by atoms with Crippen LogP contribution in [0.1, 0.15) is 39.4 Å². The number of benzene rings is 1. The Balaban J connectivity index is 2.29. The number of halogens is 1. The van der Waals surface area contributed by atoms with E-state index in [1.807, 2.05) is 0 Å². The third-order valence-electron chi connectivity index (χ3n) is 2.79. The number of rotatable bonds is 2. The molecule has 1 saturated heterocycles. The fraction of sp³-hybridized carbons (Fsp3) is 0.571. The number of anilines is 1. The van der Waals surface area contributed by atoms with Crippen molar-refractivity contribution in [2.45, 2.75) is 18.8 Å². The Morgan fingerprint density at radius 3 is 2.71 bits per heavy atom. The van der Waals surface area contributed by atoms with E-state index in [0.717, 1.165) is 12.8 Å². The molecule has 17 heavy (non-hydrogen) atoms. The molecule has 0 N–H and O–H groups in total. The summed E-state index contributed by atoms with van der Waals surface area (Å²) in [5.41, 5.74) is 0.578. The first-order chi connectivity index (χ1) is 12.5. The van der Waals surface area contributed by atoms with Gasteiger partial charge >= 0.3 is 0 Å². The molecule has 92 valence electrons. The van der Waals surface area contributed by atoms with E-state index in [9.17, 15) is 0 Å². The first-order valence-corrected chi connectivity index (χ1v) is 6.17. The Bertz CT molecular complexity index is 760. The van der Waals surface area contributed by atoms with Gasteiger partial charge in [0.25, 0.3) is 0 Å². The number of hydrogen-bond donors (Lipinski definition) is 0. The van der Waals surface area contributed by atoms with Crippen molar-refractivity contribution in [3.05, 3.63) is 28.2 Å². The van der Waals surface area contributed by atoms with Crippen LogP contribution in [0, 0.1) is 0 Å². The highest BCUT2D eigenvalue weighted by Crippen LogP contribution is 2.45. The summed E-state index contributed by atoms with van der Waals surface area (Å²) in [5, 5.41) is 0. The molecule has 1 aliphatic carbocycles. The fourth-order valence-electron chi connectivity index (χ4n) is 1.83. The lowest BCUT2D eigenvalue weighted by molar-refractivity contribution is 0.312. The van der Waals surface area contributed by atoms with Crippen LogP contribution >= 0.6 is 15.9 Å². The summed E-state index contributed by atoms with van der Waals surface area (Å²) in [4.78, 5) is 0.126. The molecule has 0 unspecified atom stereocenters. The van der Waals surface area contributed by atoms with Gasteiger partial charge in [-0.05, 0) is 49.5 Å². The molecule has 2 fully saturated rings. The van der Waals surface area contributed by atoms with Crippen molar-refractivity contribution < 1.29 is 15.1 Å². The van der Waals surface area contributed by atoms with Gasteiger partial charge in [0.15, 0.2) is 0 Å². The van der Waals surface area contributed by atoms with E-state index in [1.54, 1.807) is 6.07 Å². The molecule has 1 heterocycles. The Morgan fingerprint density at radius 1 is 1.29 bits per heavy atom. The Labute approximate surface area is 127 Å². The van der Waals surface area contributed by atoms with Gasteiger partial charge in [0, 0.05) is 45.7 Å². The lowest BCUT2D eigenvalue weighted by atomic mass is 10.1. The highest BCUT2D eigenvalue weighted by atomic mass is 79.9. The summed E-state index contributed by atoms with van der Waals surface area (Å²) in [7, 11) is 0. The summed E-state index contributed by atoms with van der Waals surface area (Å²) >= 11 is 3.32. The highest BCUT2D eigenvalue weighted by Gasteiger charge is 2.28. The van der Waals surface area contributed by atoms with Gasteiger partial charge in [-0.3, -0.25) is 0 Å². The summed E-state index contributed by atoms with van der Waals surface area (Å²) in [6, 6.07) is 4.62. The normalized spacial score (nSPS) is 44.1. The van der Waals surface area contributed by atoms with Crippen molar-refractivity contribution in [2.24, 2.45) is 0 Å². The Hall–Kier alpha value is -0.540. The van der Waals surface area contributed by atoms with Crippen molar-refractivity contribution in [3.8, 4) is 0 Å². The summed E-state index contributed by atoms with van der Waals surface area (Å²) in [6.45, 7) is -16.5. The molecule has 0 radical (unpaired) electrons. The van der Waals surface area contributed by atoms with Crippen molar-refractivity contribution in [3.63, 3.8) is 0 Å². The monoisotopic (exact) mass is 305 g/mol. The second-order valence-electron chi connectivity index (χ2n) is 4.10. The van der Waals surface area contributed by atoms with Gasteiger partial charge in [-0.1, -0.05) is 15.9 Å². The first kappa shape index (κ1) is 4.53. The second-order valence-corrected chi connectivity index (χ2v) is 5.01. The molecule has 0 spiro atoms. The molecule has 0 atom stereocenters. The van der Waals surface area contributed by atoms with Crippen molar-refractivity contribution >= 4 is 21.6 Å². The van der Waals surface area contributed by atoms with E-state index in [0.29, 0.717) is 14.9 Å². The predicted octanol–water partition coefficient (Wildman–Crippen LogP) is 3.08. The number of likely N-dealkylation sites (N-methyl/N-ethyl adjacent to an activating group) is 1. The minimum absolute atomic E-state index is 0.0126. The van der Waals surface area contributed by atoms with E-state index in [-0.39, 0.29) is 16.5 Å². The van der Waals surface area contributed by atoms with Crippen LogP contribution in [-0.4, -0.2) is 37.9 Å². The third-order valence-corrected chi connectivity index (χ3v) is 3.29. The molecule has 3 heteroatoms. The molecule has 1 saturated carbocycles. The highest BCUT2D eigenvalue weighted by molar-refractivity contribution is 9.10. The average Bonchev–Trinajstić information content (AvgIpc) is 3.29. The van der Waals surface area contributed by atoms with Crippen molar-refractivity contribution in [1.29, 1.82) is 0 Å². The molecule has 0 bridgehead atoms. The molecule has 3 rings (SSSR count). The van der Waals surface area contributed by atoms with Crippen LogP contribution in [0.15, 0.2) is 22.7 Å². The van der Waals surface area contributed by atoms with Gasteiger partial charge in [0.05, 0.1) is 5.48 Å². The van der Waals surface area contributed by atoms with Gasteiger partial charge in [-0.15, -0.1) is 0 Å². The first-order valence-electron chi connectivity index (χ1n) is 10.9. The van der Waals surface area contributed by atoms with E-state index in [2.05, 4.69) is 15.9 Å². The van der Waals surface area contributed by atoms with Gasteiger partial charge in [-0.2, -0.15) is 0 Å². The molecule has 0 aromatic heterocycles. The SMILES string of the molecule is [2H]C([2H])([2H])N1C([2H])([2H])C([2H])([2H])N(c2ccc(Br)cc2C2CC2)C([2H])([2H])C1([2H])[2H]. The maximum atomic E-state index is 8.39. The quantitative estimate of drug-likeness (QED) is 0.828. The zero-order valence-electron chi connectivity index (χ0n) is 20.0. The molecule has 1 aliphatic heterocycles. The lowest BCUT2D eigenvalue weighted by Gasteiger charge is -2.35. The molecule has 1 aromatic carbocycles. The van der Waals surface area contributed by atoms with Crippen LogP contribution in [0.4, 0.5) is 5.69 Å². The number of hydrogen-bond acceptors (Lipinski definition) is 2. The lowest BCUT2D eigenvalue weighted by Crippen LogP contribution is -2.44. The van der Waals surface area contributed by atoms with Crippen LogP contribution in [0.5, 0.6) is 0 Å². The van der Waals surface area contributed by atoms with Gasteiger partial charge in [-0.25, -0.2) is 0 Å². The van der Waals surface area contributed by atoms with E-state index >= 15 is 0 Å². The number of piperazine rings is 1. The predicted molar refractivity (Wildman–Crippen MR) is 75.8 cm³/mol. The zero-order valence-corrected chi connectivity index (χ0v) is 10.6. The third kappa shape index (κ3) is 2.50. The second kappa shape index (κ2) is 4.62. The molecular formula is C14H19BrN2. The fourth-order valence-corrected chi connectivity index (χ4v) is 2.21. The molecule has 2 aliphatic rings. The Kier molecular flexibility index (Phi) is 1.23. The van der Waals surface area contributed by atoms with Crippen LogP contribution in [-0.2, 0) is 0 Å². The molecular weight excluding hydrogens is 276 g/mol. The maximum Gasteiger partial charge on any atom is 0.0506 e. The minimum Gasteiger partial charge on any atom is -0.369 e. The topological polar surface area (TPSA) is 6.48 Å². The van der Waals surface area contributed by atoms with Crippen molar-refractivity contribution in [1.82, 2.24) is 4.90 Å². The largest absolute Gasteiger partial charge is 0.369 e. The summed E-state index contributed by atoms with van der Waals surface area (Å²) in [5.74, 6) is 0.0245. The average molecular weight is 306 g/mol. The van der Waals surface area contributed by atoms with Gasteiger partial charge in [0.1, 0.15) is 0 Å². The van der Waals surface area contributed by atoms with Crippen LogP contribution < -0.4 is 4.90 Å². The maximum absolute atomic E-state index is 8.39. The zero-order chi connectivity index (χ0) is 21.5. The summed E-state index contributed by atoms with van der Waals surface area (Å²) < 4.78 is 89.6. The molecule has 0 amide bonds. The minimum atomic E-state index is -3.40. The molecule has 2 nitrogen and oxygen atoms in total. The van der Waals surface area contributed by atoms with E-state index < -0.39 is 33.0 Å². The number of nitrogens with zero attached hydrogens (tertiary/aromatic N) is 2. The van der Waals surface area contributed by atoms with Gasteiger partial charge in [0.2, 0.25) is 0 Å². The molecule has 1 aromatic rings. The van der Waals surface area contributed by atoms with Crippen LogP contribution in [0.25, 0.3) is 0 Å². The van der Waals surface area contributed by atoms with Crippen molar-refractivity contribution in [2.75, 3.05) is 37.9 Å². The summed E-state index contributed by atoms with van der Waals surface area (Å²) in [6.07, 6.45) is 1.59. The Morgan fingerprint density at radius 2 is 2.06 bits per heavy atom.